The number of benzene rings is 1. The van der Waals surface area contributed by atoms with Gasteiger partial charge in [-0.25, -0.2) is 9.78 Å². The number of piperidine rings is 1. The maximum atomic E-state index is 12.8. The molecule has 4 rings (SSSR count). The molecule has 3 heterocycles. The summed E-state index contributed by atoms with van der Waals surface area (Å²) in [6.07, 6.45) is 4.98. The second-order valence-corrected chi connectivity index (χ2v) is 8.76. The molecule has 1 aliphatic rings. The summed E-state index contributed by atoms with van der Waals surface area (Å²) in [5.41, 5.74) is 3.41. The van der Waals surface area contributed by atoms with E-state index in [0.717, 1.165) is 56.0 Å². The van der Waals surface area contributed by atoms with Gasteiger partial charge in [0, 0.05) is 48.5 Å². The van der Waals surface area contributed by atoms with E-state index in [-0.39, 0.29) is 18.1 Å². The first-order valence-corrected chi connectivity index (χ1v) is 11.3. The van der Waals surface area contributed by atoms with Crippen LogP contribution in [0.4, 0.5) is 0 Å². The average Bonchev–Trinajstić information content (AvgIpc) is 3.16. The molecule has 1 aliphatic heterocycles. The van der Waals surface area contributed by atoms with E-state index in [1.807, 2.05) is 42.3 Å². The summed E-state index contributed by atoms with van der Waals surface area (Å²) in [6, 6.07) is 12.1. The van der Waals surface area contributed by atoms with Crippen molar-refractivity contribution in [2.75, 3.05) is 13.1 Å². The standard InChI is InChI=1S/C25H31N5O2/c1-18-15-19(2)30(25(32)27-18)17-23(31)28-12-9-21(10-13-28)11-14-29-20(3)16-26-24(29)22-7-5-4-6-8-22/h4-8,15-16,21H,9-14,17H2,1-3H3. The van der Waals surface area contributed by atoms with E-state index in [4.69, 9.17) is 0 Å². The van der Waals surface area contributed by atoms with Crippen molar-refractivity contribution in [2.45, 2.75) is 53.1 Å². The van der Waals surface area contributed by atoms with Crippen molar-refractivity contribution in [3.05, 3.63) is 70.2 Å². The smallest absolute Gasteiger partial charge is 0.341 e. The molecule has 0 atom stereocenters. The lowest BCUT2D eigenvalue weighted by Gasteiger charge is -2.32. The third-order valence-electron chi connectivity index (χ3n) is 6.46. The second kappa shape index (κ2) is 9.51. The molecule has 0 aliphatic carbocycles. The highest BCUT2D eigenvalue weighted by atomic mass is 16.2. The molecule has 1 saturated heterocycles. The molecule has 0 spiro atoms. The van der Waals surface area contributed by atoms with E-state index in [2.05, 4.69) is 33.6 Å². The molecule has 7 heteroatoms. The summed E-state index contributed by atoms with van der Waals surface area (Å²) >= 11 is 0. The number of likely N-dealkylation sites (tertiary alicyclic amines) is 1. The summed E-state index contributed by atoms with van der Waals surface area (Å²) in [5.74, 6) is 1.59. The molecule has 3 aromatic rings. The van der Waals surface area contributed by atoms with Gasteiger partial charge in [-0.3, -0.25) is 9.36 Å². The second-order valence-electron chi connectivity index (χ2n) is 8.76. The third-order valence-corrected chi connectivity index (χ3v) is 6.46. The monoisotopic (exact) mass is 433 g/mol. The Balaban J connectivity index is 1.32. The molecule has 1 fully saturated rings. The summed E-state index contributed by atoms with van der Waals surface area (Å²) in [7, 11) is 0. The van der Waals surface area contributed by atoms with Gasteiger partial charge in [-0.1, -0.05) is 30.3 Å². The fourth-order valence-electron chi connectivity index (χ4n) is 4.55. The Kier molecular flexibility index (Phi) is 6.53. The van der Waals surface area contributed by atoms with E-state index >= 15 is 0 Å². The van der Waals surface area contributed by atoms with Crippen LogP contribution in [-0.2, 0) is 17.9 Å². The van der Waals surface area contributed by atoms with Crippen LogP contribution >= 0.6 is 0 Å². The van der Waals surface area contributed by atoms with Crippen LogP contribution in [0.25, 0.3) is 11.4 Å². The van der Waals surface area contributed by atoms with Gasteiger partial charge in [-0.05, 0) is 52.0 Å². The molecule has 0 radical (unpaired) electrons. The molecule has 32 heavy (non-hydrogen) atoms. The van der Waals surface area contributed by atoms with Gasteiger partial charge in [0.1, 0.15) is 12.4 Å². The fraction of sp³-hybridized carbons (Fsp3) is 0.440. The van der Waals surface area contributed by atoms with Gasteiger partial charge in [0.05, 0.1) is 0 Å². The largest absolute Gasteiger partial charge is 0.348 e. The highest BCUT2D eigenvalue weighted by Gasteiger charge is 2.24. The van der Waals surface area contributed by atoms with Crippen LogP contribution in [0.1, 0.15) is 36.3 Å². The van der Waals surface area contributed by atoms with Crippen LogP contribution in [0.2, 0.25) is 0 Å². The number of amides is 1. The Labute approximate surface area is 188 Å². The lowest BCUT2D eigenvalue weighted by atomic mass is 9.93. The van der Waals surface area contributed by atoms with Crippen LogP contribution in [0.3, 0.4) is 0 Å². The van der Waals surface area contributed by atoms with Crippen molar-refractivity contribution >= 4 is 5.91 Å². The maximum Gasteiger partial charge on any atom is 0.348 e. The molecule has 0 saturated carbocycles. The zero-order valence-corrected chi connectivity index (χ0v) is 19.1. The van der Waals surface area contributed by atoms with Crippen LogP contribution in [0.5, 0.6) is 0 Å². The number of hydrogen-bond acceptors (Lipinski definition) is 4. The third kappa shape index (κ3) is 4.82. The molecule has 7 nitrogen and oxygen atoms in total. The number of nitrogens with zero attached hydrogens (tertiary/aromatic N) is 5. The van der Waals surface area contributed by atoms with Crippen LogP contribution in [0.15, 0.2) is 47.4 Å². The number of imidazole rings is 1. The predicted molar refractivity (Wildman–Crippen MR) is 124 cm³/mol. The molecule has 0 N–H and O–H groups in total. The summed E-state index contributed by atoms with van der Waals surface area (Å²) in [5, 5.41) is 0. The molecule has 1 aromatic carbocycles. The van der Waals surface area contributed by atoms with Gasteiger partial charge < -0.3 is 9.47 Å². The number of aromatic nitrogens is 4. The molecule has 168 valence electrons. The van der Waals surface area contributed by atoms with Gasteiger partial charge in [0.25, 0.3) is 0 Å². The molecular formula is C25H31N5O2. The van der Waals surface area contributed by atoms with E-state index in [0.29, 0.717) is 11.6 Å². The number of rotatable bonds is 6. The summed E-state index contributed by atoms with van der Waals surface area (Å²) in [6.45, 7) is 8.22. The van der Waals surface area contributed by atoms with Crippen molar-refractivity contribution in [2.24, 2.45) is 5.92 Å². The van der Waals surface area contributed by atoms with Gasteiger partial charge >= 0.3 is 5.69 Å². The Morgan fingerprint density at radius 2 is 1.75 bits per heavy atom. The molecule has 1 amide bonds. The predicted octanol–water partition coefficient (Wildman–Crippen LogP) is 3.36. The topological polar surface area (TPSA) is 73.0 Å². The van der Waals surface area contributed by atoms with E-state index in [1.54, 1.807) is 6.92 Å². The summed E-state index contributed by atoms with van der Waals surface area (Å²) < 4.78 is 3.76. The van der Waals surface area contributed by atoms with Crippen LogP contribution < -0.4 is 5.69 Å². The Hall–Kier alpha value is -3.22. The first-order chi connectivity index (χ1) is 15.4. The Morgan fingerprint density at radius 1 is 1.03 bits per heavy atom. The van der Waals surface area contributed by atoms with Crippen molar-refractivity contribution in [1.82, 2.24) is 24.0 Å². The zero-order chi connectivity index (χ0) is 22.7. The van der Waals surface area contributed by atoms with Crippen molar-refractivity contribution < 1.29 is 4.79 Å². The quantitative estimate of drug-likeness (QED) is 0.598. The molecule has 0 bridgehead atoms. The van der Waals surface area contributed by atoms with Gasteiger partial charge in [0.15, 0.2) is 0 Å². The SMILES string of the molecule is Cc1cc(C)n(CC(=O)N2CCC(CCn3c(C)cnc3-c3ccccc3)CC2)c(=O)n1. The lowest BCUT2D eigenvalue weighted by molar-refractivity contribution is -0.133. The fourth-order valence-corrected chi connectivity index (χ4v) is 4.55. The van der Waals surface area contributed by atoms with E-state index in [1.165, 1.54) is 10.3 Å². The van der Waals surface area contributed by atoms with Crippen molar-refractivity contribution in [3.8, 4) is 11.4 Å². The minimum Gasteiger partial charge on any atom is -0.341 e. The first kappa shape index (κ1) is 22.0. The molecule has 2 aromatic heterocycles. The van der Waals surface area contributed by atoms with Gasteiger partial charge in [-0.15, -0.1) is 0 Å². The Morgan fingerprint density at radius 3 is 2.44 bits per heavy atom. The zero-order valence-electron chi connectivity index (χ0n) is 19.1. The highest BCUT2D eigenvalue weighted by molar-refractivity contribution is 5.76. The Bertz CT molecular complexity index is 1140. The maximum absolute atomic E-state index is 12.8. The minimum atomic E-state index is -0.351. The number of aryl methyl sites for hydroxylation is 3. The minimum absolute atomic E-state index is 0.00359. The van der Waals surface area contributed by atoms with E-state index in [9.17, 15) is 9.59 Å². The number of carbonyl (C=O) groups is 1. The lowest BCUT2D eigenvalue weighted by Crippen LogP contribution is -2.42. The van der Waals surface area contributed by atoms with Gasteiger partial charge in [0.2, 0.25) is 5.91 Å². The average molecular weight is 434 g/mol. The van der Waals surface area contributed by atoms with Crippen LogP contribution in [0, 0.1) is 26.7 Å². The van der Waals surface area contributed by atoms with Crippen molar-refractivity contribution in [1.29, 1.82) is 0 Å². The van der Waals surface area contributed by atoms with Crippen molar-refractivity contribution in [3.63, 3.8) is 0 Å². The van der Waals surface area contributed by atoms with E-state index < -0.39 is 0 Å². The first-order valence-electron chi connectivity index (χ1n) is 11.3. The number of carbonyl (C=O) groups excluding carboxylic acids is 1. The van der Waals surface area contributed by atoms with Crippen LogP contribution in [-0.4, -0.2) is 43.0 Å². The summed E-state index contributed by atoms with van der Waals surface area (Å²) in [4.78, 5) is 35.4. The number of hydrogen-bond donors (Lipinski definition) is 0. The molecular weight excluding hydrogens is 402 g/mol. The highest BCUT2D eigenvalue weighted by Crippen LogP contribution is 2.25. The van der Waals surface area contributed by atoms with Gasteiger partial charge in [-0.2, -0.15) is 4.98 Å². The molecule has 0 unspecified atom stereocenters. The normalized spacial score (nSPS) is 14.7.